The van der Waals surface area contributed by atoms with Gasteiger partial charge in [-0.1, -0.05) is 78.9 Å². The van der Waals surface area contributed by atoms with Gasteiger partial charge in [0, 0.05) is 25.1 Å². The molecule has 3 aromatic rings. The van der Waals surface area contributed by atoms with Gasteiger partial charge < -0.3 is 19.7 Å². The molecule has 0 aliphatic heterocycles. The number of methoxy groups -OCH3 is 2. The van der Waals surface area contributed by atoms with Crippen LogP contribution in [0.25, 0.3) is 0 Å². The lowest BCUT2D eigenvalue weighted by molar-refractivity contribution is -0.140. The maximum atomic E-state index is 14.4. The third-order valence-corrected chi connectivity index (χ3v) is 9.77. The molecule has 1 aliphatic carbocycles. The monoisotopic (exact) mass is 675 g/mol. The molecule has 0 radical (unpaired) electrons. The largest absolute Gasteiger partial charge is 0.493 e. The molecule has 1 fully saturated rings. The predicted octanol–water partition coefficient (Wildman–Crippen LogP) is 5.87. The zero-order valence-electron chi connectivity index (χ0n) is 25.7. The molecule has 4 rings (SSSR count). The molecule has 9 nitrogen and oxygen atoms in total. The SMILES string of the molecule is COc1ccc(N(CC(=O)N(Cc2ccc(Cl)c(Cl)c2)C(Cc2ccccc2)C(=O)NC2CCCCC2)S(C)(=O)=O)cc1OC. The topological polar surface area (TPSA) is 105 Å². The van der Waals surface area contributed by atoms with Crippen molar-refractivity contribution in [3.8, 4) is 11.5 Å². The van der Waals surface area contributed by atoms with Crippen LogP contribution in [0.2, 0.25) is 10.0 Å². The lowest BCUT2D eigenvalue weighted by atomic mass is 9.94. The van der Waals surface area contributed by atoms with E-state index in [2.05, 4.69) is 5.32 Å². The first-order valence-electron chi connectivity index (χ1n) is 14.8. The van der Waals surface area contributed by atoms with Crippen LogP contribution >= 0.6 is 23.2 Å². The molecule has 0 saturated heterocycles. The van der Waals surface area contributed by atoms with E-state index >= 15 is 0 Å². The van der Waals surface area contributed by atoms with Gasteiger partial charge in [0.2, 0.25) is 21.8 Å². The Labute approximate surface area is 275 Å². The zero-order valence-corrected chi connectivity index (χ0v) is 28.0. The summed E-state index contributed by atoms with van der Waals surface area (Å²) in [5, 5.41) is 3.84. The summed E-state index contributed by atoms with van der Waals surface area (Å²) in [6.07, 6.45) is 6.15. The summed E-state index contributed by atoms with van der Waals surface area (Å²) in [6, 6.07) is 18.1. The van der Waals surface area contributed by atoms with Crippen molar-refractivity contribution in [1.29, 1.82) is 0 Å². The predicted molar refractivity (Wildman–Crippen MR) is 178 cm³/mol. The highest BCUT2D eigenvalue weighted by atomic mass is 35.5. The number of rotatable bonds is 13. The number of carbonyl (C=O) groups is 2. The van der Waals surface area contributed by atoms with Crippen molar-refractivity contribution in [3.05, 3.63) is 87.9 Å². The normalized spacial score (nSPS) is 14.3. The summed E-state index contributed by atoms with van der Waals surface area (Å²) < 4.78 is 37.9. The minimum absolute atomic E-state index is 0.00511. The van der Waals surface area contributed by atoms with Gasteiger partial charge in [-0.2, -0.15) is 0 Å². The van der Waals surface area contributed by atoms with E-state index in [4.69, 9.17) is 32.7 Å². The summed E-state index contributed by atoms with van der Waals surface area (Å²) in [6.45, 7) is -0.563. The third kappa shape index (κ3) is 9.28. The van der Waals surface area contributed by atoms with Crippen molar-refractivity contribution >= 4 is 50.7 Å². The van der Waals surface area contributed by atoms with E-state index in [1.165, 1.54) is 31.3 Å². The molecule has 2 amide bonds. The van der Waals surface area contributed by atoms with E-state index in [9.17, 15) is 18.0 Å². The maximum Gasteiger partial charge on any atom is 0.244 e. The second kappa shape index (κ2) is 15.7. The van der Waals surface area contributed by atoms with Crippen molar-refractivity contribution in [2.75, 3.05) is 31.3 Å². The molecule has 0 bridgehead atoms. The van der Waals surface area contributed by atoms with Crippen molar-refractivity contribution in [2.24, 2.45) is 0 Å². The van der Waals surface area contributed by atoms with Crippen molar-refractivity contribution in [3.63, 3.8) is 0 Å². The highest BCUT2D eigenvalue weighted by Crippen LogP contribution is 2.33. The number of benzene rings is 3. The van der Waals surface area contributed by atoms with Crippen LogP contribution in [0.4, 0.5) is 5.69 Å². The number of carbonyl (C=O) groups excluding carboxylic acids is 2. The fraction of sp³-hybridized carbons (Fsp3) is 0.394. The van der Waals surface area contributed by atoms with Crippen LogP contribution in [0, 0.1) is 0 Å². The molecule has 242 valence electrons. The average molecular weight is 677 g/mol. The first-order chi connectivity index (χ1) is 21.5. The van der Waals surface area contributed by atoms with Crippen LogP contribution in [0.3, 0.4) is 0 Å². The van der Waals surface area contributed by atoms with Crippen LogP contribution in [0.15, 0.2) is 66.7 Å². The van der Waals surface area contributed by atoms with Gasteiger partial charge in [-0.15, -0.1) is 0 Å². The summed E-state index contributed by atoms with van der Waals surface area (Å²) >= 11 is 12.5. The Bertz CT molecular complexity index is 1580. The van der Waals surface area contributed by atoms with Crippen molar-refractivity contribution in [2.45, 2.75) is 57.2 Å². The van der Waals surface area contributed by atoms with Crippen LogP contribution < -0.4 is 19.1 Å². The third-order valence-electron chi connectivity index (χ3n) is 7.89. The molecule has 1 aliphatic rings. The van der Waals surface area contributed by atoms with Crippen molar-refractivity contribution in [1.82, 2.24) is 10.2 Å². The summed E-state index contributed by atoms with van der Waals surface area (Å²) in [5.41, 5.74) is 1.70. The van der Waals surface area contributed by atoms with E-state index in [1.807, 2.05) is 30.3 Å². The van der Waals surface area contributed by atoms with Gasteiger partial charge in [-0.05, 0) is 48.2 Å². The molecular formula is C33H39Cl2N3O6S. The number of anilines is 1. The number of ether oxygens (including phenoxy) is 2. The van der Waals surface area contributed by atoms with Gasteiger partial charge in [0.25, 0.3) is 0 Å². The van der Waals surface area contributed by atoms with Crippen LogP contribution in [-0.2, 0) is 32.6 Å². The lowest BCUT2D eigenvalue weighted by Crippen LogP contribution is -2.55. The molecule has 0 spiro atoms. The summed E-state index contributed by atoms with van der Waals surface area (Å²) in [5.74, 6) is -0.153. The Morgan fingerprint density at radius 2 is 1.58 bits per heavy atom. The van der Waals surface area contributed by atoms with Crippen LogP contribution in [0.1, 0.15) is 43.2 Å². The average Bonchev–Trinajstić information content (AvgIpc) is 3.03. The van der Waals surface area contributed by atoms with Gasteiger partial charge >= 0.3 is 0 Å². The molecule has 45 heavy (non-hydrogen) atoms. The van der Waals surface area contributed by atoms with Gasteiger partial charge in [0.1, 0.15) is 12.6 Å². The van der Waals surface area contributed by atoms with Crippen LogP contribution in [-0.4, -0.2) is 64.2 Å². The maximum absolute atomic E-state index is 14.4. The van der Waals surface area contributed by atoms with E-state index < -0.39 is 28.5 Å². The zero-order chi connectivity index (χ0) is 32.6. The van der Waals surface area contributed by atoms with E-state index in [0.29, 0.717) is 27.1 Å². The number of nitrogens with zero attached hydrogens (tertiary/aromatic N) is 2. The Hall–Kier alpha value is -3.47. The molecular weight excluding hydrogens is 637 g/mol. The van der Waals surface area contributed by atoms with Gasteiger partial charge in [-0.3, -0.25) is 13.9 Å². The molecule has 3 aromatic carbocycles. The van der Waals surface area contributed by atoms with Crippen molar-refractivity contribution < 1.29 is 27.5 Å². The number of nitrogens with one attached hydrogen (secondary N) is 1. The van der Waals surface area contributed by atoms with E-state index in [0.717, 1.165) is 48.2 Å². The smallest absolute Gasteiger partial charge is 0.244 e. The fourth-order valence-electron chi connectivity index (χ4n) is 5.53. The van der Waals surface area contributed by atoms with Crippen LogP contribution in [0.5, 0.6) is 11.5 Å². The molecule has 12 heteroatoms. The molecule has 1 unspecified atom stereocenters. The standard InChI is InChI=1S/C33H39Cl2N3O6S/c1-43-30-17-15-26(20-31(30)44-2)38(45(3,41)42)22-32(39)37(21-24-14-16-27(34)28(35)18-24)29(19-23-10-6-4-7-11-23)33(40)36-25-12-8-5-9-13-25/h4,6-7,10-11,14-18,20,25,29H,5,8-9,12-13,19,21-22H2,1-3H3,(H,36,40). The Morgan fingerprint density at radius 1 is 0.889 bits per heavy atom. The number of sulfonamides is 1. The summed E-state index contributed by atoms with van der Waals surface area (Å²) in [4.78, 5) is 29.9. The second-order valence-electron chi connectivity index (χ2n) is 11.1. The highest BCUT2D eigenvalue weighted by molar-refractivity contribution is 7.92. The van der Waals surface area contributed by atoms with E-state index in [-0.39, 0.29) is 30.6 Å². The Morgan fingerprint density at radius 3 is 2.20 bits per heavy atom. The number of hydrogen-bond acceptors (Lipinski definition) is 6. The van der Waals surface area contributed by atoms with Gasteiger partial charge in [0.15, 0.2) is 11.5 Å². The fourth-order valence-corrected chi connectivity index (χ4v) is 6.69. The van der Waals surface area contributed by atoms with Gasteiger partial charge in [0.05, 0.1) is 36.2 Å². The molecule has 0 heterocycles. The molecule has 1 saturated carbocycles. The lowest BCUT2D eigenvalue weighted by Gasteiger charge is -2.35. The Balaban J connectivity index is 1.75. The molecule has 1 atom stereocenters. The minimum atomic E-state index is -3.95. The quantitative estimate of drug-likeness (QED) is 0.243. The van der Waals surface area contributed by atoms with E-state index in [1.54, 1.807) is 24.3 Å². The first-order valence-corrected chi connectivity index (χ1v) is 17.4. The van der Waals surface area contributed by atoms with Gasteiger partial charge in [-0.25, -0.2) is 8.42 Å². The number of halogens is 2. The number of hydrogen-bond donors (Lipinski definition) is 1. The molecule has 1 N–H and O–H groups in total. The molecule has 0 aromatic heterocycles. The minimum Gasteiger partial charge on any atom is -0.493 e. The first kappa shape index (κ1) is 34.4. The number of amides is 2. The summed E-state index contributed by atoms with van der Waals surface area (Å²) in [7, 11) is -1.04. The Kier molecular flexibility index (Phi) is 12.0. The second-order valence-corrected chi connectivity index (χ2v) is 13.8. The highest BCUT2D eigenvalue weighted by Gasteiger charge is 2.34.